The number of carbonyl (C=O) groups is 12. The van der Waals surface area contributed by atoms with Gasteiger partial charge >= 0.3 is 23.9 Å². The Morgan fingerprint density at radius 2 is 0.826 bits per heavy atom. The average Bonchev–Trinajstić information content (AvgIpc) is 4.00. The lowest BCUT2D eigenvalue weighted by atomic mass is 10.0. The monoisotopic (exact) mass is 927 g/mol. The number of ketones is 2. The molecule has 19 nitrogen and oxygen atoms in total. The summed E-state index contributed by atoms with van der Waals surface area (Å²) in [5, 5.41) is 0. The SMILES string of the molecule is Cc1cc(OC(=O)c2ccc(OC(=O)c3ccc4c(c3)C(=O)N(CN3C(=O)C=CC3=O)C4=O)cc2)ccc1OC(=O)c1ccc(OC(=O)c2ccc3c(c2)C(=O)N(CC2C(=O)C=CC2=O)C3=O)cc1. The van der Waals surface area contributed by atoms with Gasteiger partial charge in [0.05, 0.1) is 44.5 Å². The first kappa shape index (κ1) is 44.4. The van der Waals surface area contributed by atoms with Gasteiger partial charge in [-0.3, -0.25) is 53.1 Å². The second-order valence-electron chi connectivity index (χ2n) is 15.6. The summed E-state index contributed by atoms with van der Waals surface area (Å²) in [5.41, 5.74) is 0.246. The van der Waals surface area contributed by atoms with Gasteiger partial charge in [-0.05, 0) is 128 Å². The summed E-state index contributed by atoms with van der Waals surface area (Å²) in [6.45, 7) is 0.600. The molecule has 0 bridgehead atoms. The van der Waals surface area contributed by atoms with Gasteiger partial charge in [0.2, 0.25) is 0 Å². The first-order chi connectivity index (χ1) is 33.0. The number of nitrogens with zero attached hydrogens (tertiary/aromatic N) is 3. The normalized spacial score (nSPS) is 15.1. The van der Waals surface area contributed by atoms with Gasteiger partial charge < -0.3 is 18.9 Å². The van der Waals surface area contributed by atoms with Crippen LogP contribution in [-0.2, 0) is 19.2 Å². The highest BCUT2D eigenvalue weighted by molar-refractivity contribution is 6.24. The summed E-state index contributed by atoms with van der Waals surface area (Å²) < 4.78 is 21.9. The lowest BCUT2D eigenvalue weighted by Gasteiger charge is -2.20. The van der Waals surface area contributed by atoms with Crippen LogP contribution >= 0.6 is 0 Å². The van der Waals surface area contributed by atoms with Crippen LogP contribution in [0.4, 0.5) is 0 Å². The number of allylic oxidation sites excluding steroid dienone is 2. The number of fused-ring (bicyclic) bond motifs is 2. The van der Waals surface area contributed by atoms with Gasteiger partial charge in [-0.1, -0.05) is 0 Å². The van der Waals surface area contributed by atoms with Crippen molar-refractivity contribution in [1.29, 1.82) is 0 Å². The van der Waals surface area contributed by atoms with Crippen molar-refractivity contribution in [3.8, 4) is 23.0 Å². The minimum absolute atomic E-state index is 0.00415. The number of amides is 6. The highest BCUT2D eigenvalue weighted by atomic mass is 16.5. The summed E-state index contributed by atoms with van der Waals surface area (Å²) in [7, 11) is 0. The van der Waals surface area contributed by atoms with Gasteiger partial charge in [0, 0.05) is 18.7 Å². The van der Waals surface area contributed by atoms with E-state index < -0.39 is 90.0 Å². The molecule has 9 rings (SSSR count). The standard InChI is InChI=1S/C50H29N3O16/c1-25-20-32(68-47(62)26-2-8-30(9-3-26)66-50(65)29-7-14-34-36(22-29)46(61)53(44(34)59)24-52-41(56)18-19-42(52)57)12-17-40(25)69-48(63)27-4-10-31(11-5-27)67-49(64)28-6-13-33-35(21-28)45(60)51(43(33)58)23-37-38(54)15-16-39(37)55/h2-22,37H,23-24H2,1H3. The molecule has 0 saturated heterocycles. The van der Waals surface area contributed by atoms with Crippen molar-refractivity contribution >= 4 is 70.9 Å². The minimum Gasteiger partial charge on any atom is -0.423 e. The predicted molar refractivity (Wildman–Crippen MR) is 231 cm³/mol. The number of carbonyl (C=O) groups excluding carboxylic acids is 12. The molecular weight excluding hydrogens is 899 g/mol. The first-order valence-corrected chi connectivity index (χ1v) is 20.5. The van der Waals surface area contributed by atoms with E-state index in [0.717, 1.165) is 39.0 Å². The minimum atomic E-state index is -1.17. The zero-order valence-corrected chi connectivity index (χ0v) is 35.5. The van der Waals surface area contributed by atoms with Crippen molar-refractivity contribution in [3.63, 3.8) is 0 Å². The highest BCUT2D eigenvalue weighted by Gasteiger charge is 2.42. The maximum atomic E-state index is 13.1. The second-order valence-corrected chi connectivity index (χ2v) is 15.6. The molecule has 0 unspecified atom stereocenters. The number of rotatable bonds is 12. The van der Waals surface area contributed by atoms with Crippen molar-refractivity contribution in [2.24, 2.45) is 5.92 Å². The Morgan fingerprint density at radius 1 is 0.420 bits per heavy atom. The number of hydrogen-bond donors (Lipinski definition) is 0. The van der Waals surface area contributed by atoms with E-state index in [4.69, 9.17) is 18.9 Å². The van der Waals surface area contributed by atoms with E-state index in [-0.39, 0.29) is 67.5 Å². The summed E-state index contributed by atoms with van der Waals surface area (Å²) >= 11 is 0. The number of imide groups is 3. The Morgan fingerprint density at radius 3 is 1.33 bits per heavy atom. The fourth-order valence-corrected chi connectivity index (χ4v) is 7.52. The van der Waals surface area contributed by atoms with E-state index in [0.29, 0.717) is 5.56 Å². The smallest absolute Gasteiger partial charge is 0.343 e. The van der Waals surface area contributed by atoms with Crippen LogP contribution in [0.3, 0.4) is 0 Å². The molecule has 4 aliphatic rings. The number of ether oxygens (including phenoxy) is 4. The van der Waals surface area contributed by atoms with E-state index in [2.05, 4.69) is 0 Å². The Hall–Kier alpha value is -9.78. The van der Waals surface area contributed by atoms with Gasteiger partial charge in [0.1, 0.15) is 35.6 Å². The number of benzene rings is 5. The third-order valence-electron chi connectivity index (χ3n) is 11.2. The van der Waals surface area contributed by atoms with Gasteiger partial charge in [0.15, 0.2) is 11.6 Å². The Balaban J connectivity index is 0.757. The summed E-state index contributed by atoms with van der Waals surface area (Å²) in [4.78, 5) is 154. The van der Waals surface area contributed by atoms with Crippen LogP contribution in [0.2, 0.25) is 0 Å². The fourth-order valence-electron chi connectivity index (χ4n) is 7.52. The molecule has 3 aliphatic heterocycles. The maximum absolute atomic E-state index is 13.1. The number of esters is 4. The van der Waals surface area contributed by atoms with Gasteiger partial charge in [-0.15, -0.1) is 0 Å². The Bertz CT molecular complexity index is 3240. The molecule has 0 saturated carbocycles. The molecule has 69 heavy (non-hydrogen) atoms. The van der Waals surface area contributed by atoms with Crippen LogP contribution in [0.1, 0.15) is 88.4 Å². The predicted octanol–water partition coefficient (Wildman–Crippen LogP) is 4.27. The summed E-state index contributed by atoms with van der Waals surface area (Å²) in [6.07, 6.45) is 4.23. The van der Waals surface area contributed by atoms with Crippen LogP contribution < -0.4 is 18.9 Å². The van der Waals surface area contributed by atoms with Crippen LogP contribution in [0, 0.1) is 12.8 Å². The van der Waals surface area contributed by atoms with Crippen LogP contribution in [0.15, 0.2) is 127 Å². The maximum Gasteiger partial charge on any atom is 0.343 e. The van der Waals surface area contributed by atoms with E-state index in [1.807, 2.05) is 0 Å². The van der Waals surface area contributed by atoms with Gasteiger partial charge in [-0.2, -0.15) is 0 Å². The molecular formula is C50H29N3O16. The summed E-state index contributed by atoms with van der Waals surface area (Å²) in [6, 6.07) is 22.5. The van der Waals surface area contributed by atoms with Crippen LogP contribution in [-0.4, -0.2) is 98.8 Å². The van der Waals surface area contributed by atoms with Crippen molar-refractivity contribution in [2.75, 3.05) is 13.2 Å². The summed E-state index contributed by atoms with van der Waals surface area (Å²) in [5.74, 6) is -9.52. The topological polar surface area (TPSA) is 251 Å². The average molecular weight is 928 g/mol. The molecule has 0 radical (unpaired) electrons. The molecule has 0 spiro atoms. The largest absolute Gasteiger partial charge is 0.423 e. The molecule has 0 N–H and O–H groups in total. The molecule has 5 aromatic carbocycles. The zero-order chi connectivity index (χ0) is 48.8. The fraction of sp³-hybridized carbons (Fsp3) is 0.0800. The zero-order valence-electron chi connectivity index (χ0n) is 35.5. The Kier molecular flexibility index (Phi) is 11.3. The lowest BCUT2D eigenvalue weighted by Crippen LogP contribution is -2.43. The number of hydrogen-bond acceptors (Lipinski definition) is 16. The van der Waals surface area contributed by atoms with E-state index >= 15 is 0 Å². The quantitative estimate of drug-likeness (QED) is 0.0733. The molecule has 1 aliphatic carbocycles. The first-order valence-electron chi connectivity index (χ1n) is 20.5. The molecule has 5 aromatic rings. The van der Waals surface area contributed by atoms with Crippen molar-refractivity contribution < 1.29 is 76.5 Å². The third-order valence-corrected chi connectivity index (χ3v) is 11.2. The van der Waals surface area contributed by atoms with Crippen LogP contribution in [0.5, 0.6) is 23.0 Å². The molecule has 0 aromatic heterocycles. The molecule has 3 heterocycles. The molecule has 19 heteroatoms. The van der Waals surface area contributed by atoms with E-state index in [9.17, 15) is 57.5 Å². The molecule has 6 amide bonds. The van der Waals surface area contributed by atoms with E-state index in [1.54, 1.807) is 6.92 Å². The number of aryl methyl sites for hydroxylation is 1. The van der Waals surface area contributed by atoms with Crippen molar-refractivity contribution in [1.82, 2.24) is 14.7 Å². The van der Waals surface area contributed by atoms with Crippen LogP contribution in [0.25, 0.3) is 0 Å². The molecule has 340 valence electrons. The lowest BCUT2D eigenvalue weighted by molar-refractivity contribution is -0.138. The van der Waals surface area contributed by atoms with Gasteiger partial charge in [-0.25, -0.2) is 19.2 Å². The van der Waals surface area contributed by atoms with Crippen molar-refractivity contribution in [3.05, 3.63) is 178 Å². The Labute approximate surface area is 387 Å². The highest BCUT2D eigenvalue weighted by Crippen LogP contribution is 2.30. The molecule has 0 atom stereocenters. The molecule has 0 fully saturated rings. The second kappa shape index (κ2) is 17.5. The third kappa shape index (κ3) is 8.49. The van der Waals surface area contributed by atoms with Gasteiger partial charge in [0.25, 0.3) is 35.4 Å². The van der Waals surface area contributed by atoms with Crippen molar-refractivity contribution in [2.45, 2.75) is 6.92 Å². The van der Waals surface area contributed by atoms with E-state index in [1.165, 1.54) is 103 Å².